The number of carbonyl (C=O) groups is 1. The second-order valence-corrected chi connectivity index (χ2v) is 7.44. The van der Waals surface area contributed by atoms with E-state index in [1.807, 2.05) is 0 Å². The molecule has 142 valence electrons. The fourth-order valence-corrected chi connectivity index (χ4v) is 4.14. The van der Waals surface area contributed by atoms with Crippen molar-refractivity contribution >= 4 is 22.4 Å². The van der Waals surface area contributed by atoms with Crippen molar-refractivity contribution in [3.05, 3.63) is 28.8 Å². The minimum atomic E-state index is -0.324. The molecule has 1 N–H and O–H groups in total. The van der Waals surface area contributed by atoms with Crippen LogP contribution in [-0.2, 0) is 5.41 Å². The molecule has 0 aliphatic carbocycles. The fraction of sp³-hybridized carbons (Fsp3) is 0.526. The molecule has 1 aromatic carbocycles. The molecule has 0 saturated carbocycles. The summed E-state index contributed by atoms with van der Waals surface area (Å²) in [6.45, 7) is 6.56. The second kappa shape index (κ2) is 8.98. The number of nitrogens with zero attached hydrogens (tertiary/aromatic N) is 2. The van der Waals surface area contributed by atoms with Crippen LogP contribution in [0.1, 0.15) is 61.8 Å². The van der Waals surface area contributed by atoms with Gasteiger partial charge >= 0.3 is 0 Å². The molecule has 0 radical (unpaired) electrons. The lowest BCUT2D eigenvalue weighted by atomic mass is 9.82. The van der Waals surface area contributed by atoms with Gasteiger partial charge in [-0.3, -0.25) is 10.1 Å². The van der Waals surface area contributed by atoms with Gasteiger partial charge in [-0.25, -0.2) is 0 Å². The lowest BCUT2D eigenvalue weighted by molar-refractivity contribution is 0.102. The van der Waals surface area contributed by atoms with Crippen molar-refractivity contribution in [1.29, 1.82) is 0 Å². The molecule has 0 atom stereocenters. The van der Waals surface area contributed by atoms with Crippen LogP contribution in [0.2, 0.25) is 0 Å². The van der Waals surface area contributed by atoms with Gasteiger partial charge in [0, 0.05) is 5.41 Å². The number of carbonyl (C=O) groups excluding carboxylic acids is 1. The highest BCUT2D eigenvalue weighted by molar-refractivity contribution is 7.15. The molecule has 0 unspecified atom stereocenters. The number of hydrogen-bond acceptors (Lipinski definition) is 6. The van der Waals surface area contributed by atoms with Crippen LogP contribution in [-0.4, -0.2) is 30.3 Å². The van der Waals surface area contributed by atoms with Gasteiger partial charge in [-0.2, -0.15) is 0 Å². The second-order valence-electron chi connectivity index (χ2n) is 6.46. The van der Waals surface area contributed by atoms with E-state index >= 15 is 0 Å². The molecule has 1 aromatic heterocycles. The summed E-state index contributed by atoms with van der Waals surface area (Å²) in [7, 11) is 3.05. The lowest BCUT2D eigenvalue weighted by Gasteiger charge is -2.25. The molecular weight excluding hydrogens is 350 g/mol. The number of aromatic nitrogens is 2. The maximum atomic E-state index is 12.8. The van der Waals surface area contributed by atoms with E-state index in [1.54, 1.807) is 18.2 Å². The first-order valence-corrected chi connectivity index (χ1v) is 9.67. The van der Waals surface area contributed by atoms with Crippen molar-refractivity contribution in [2.75, 3.05) is 19.5 Å². The number of methoxy groups -OCH3 is 2. The Morgan fingerprint density at radius 2 is 1.69 bits per heavy atom. The Kier molecular flexibility index (Phi) is 6.97. The zero-order chi connectivity index (χ0) is 19.2. The van der Waals surface area contributed by atoms with Gasteiger partial charge in [-0.05, 0) is 25.0 Å². The van der Waals surface area contributed by atoms with Crippen molar-refractivity contribution < 1.29 is 14.3 Å². The van der Waals surface area contributed by atoms with E-state index < -0.39 is 0 Å². The van der Waals surface area contributed by atoms with Crippen LogP contribution in [0.25, 0.3) is 0 Å². The zero-order valence-corrected chi connectivity index (χ0v) is 16.9. The highest BCUT2D eigenvalue weighted by atomic mass is 32.1. The highest BCUT2D eigenvalue weighted by Gasteiger charge is 2.29. The van der Waals surface area contributed by atoms with Crippen molar-refractivity contribution in [3.63, 3.8) is 0 Å². The van der Waals surface area contributed by atoms with Gasteiger partial charge in [0.2, 0.25) is 5.13 Å². The Bertz CT molecular complexity index is 717. The molecule has 2 aromatic rings. The van der Waals surface area contributed by atoms with Gasteiger partial charge in [0.1, 0.15) is 22.1 Å². The first-order chi connectivity index (χ1) is 12.5. The third-order valence-corrected chi connectivity index (χ3v) is 5.57. The average Bonchev–Trinajstić information content (AvgIpc) is 3.10. The standard InChI is InChI=1S/C19H27N3O3S/c1-6-11-19(3,12-7-2)17-21-22-18(26-17)20-16(23)15-13(24-4)9-8-10-14(15)25-5/h8-10H,6-7,11-12H2,1-5H3,(H,20,22,23). The molecule has 6 nitrogen and oxygen atoms in total. The van der Waals surface area contributed by atoms with Crippen LogP contribution in [0, 0.1) is 0 Å². The Morgan fingerprint density at radius 3 is 2.19 bits per heavy atom. The summed E-state index contributed by atoms with van der Waals surface area (Å²) in [6, 6.07) is 5.23. The topological polar surface area (TPSA) is 73.3 Å². The third kappa shape index (κ3) is 4.33. The van der Waals surface area contributed by atoms with Crippen LogP contribution in [0.15, 0.2) is 18.2 Å². The van der Waals surface area contributed by atoms with E-state index in [4.69, 9.17) is 9.47 Å². The predicted octanol–water partition coefficient (Wildman–Crippen LogP) is 4.67. The van der Waals surface area contributed by atoms with Gasteiger partial charge in [-0.1, -0.05) is 51.0 Å². The Balaban J connectivity index is 2.25. The fourth-order valence-electron chi connectivity index (χ4n) is 3.19. The van der Waals surface area contributed by atoms with Crippen LogP contribution in [0.5, 0.6) is 11.5 Å². The quantitative estimate of drug-likeness (QED) is 0.688. The predicted molar refractivity (Wildman–Crippen MR) is 105 cm³/mol. The Morgan fingerprint density at radius 1 is 1.12 bits per heavy atom. The van der Waals surface area contributed by atoms with Gasteiger partial charge in [0.15, 0.2) is 0 Å². The SMILES string of the molecule is CCCC(C)(CCC)c1nnc(NC(=O)c2c(OC)cccc2OC)s1. The molecule has 26 heavy (non-hydrogen) atoms. The van der Waals surface area contributed by atoms with Crippen molar-refractivity contribution in [3.8, 4) is 11.5 Å². The van der Waals surface area contributed by atoms with Crippen molar-refractivity contribution in [1.82, 2.24) is 10.2 Å². The maximum Gasteiger partial charge on any atom is 0.265 e. The monoisotopic (exact) mass is 377 g/mol. The number of rotatable bonds is 9. The number of benzene rings is 1. The number of amides is 1. The highest BCUT2D eigenvalue weighted by Crippen LogP contribution is 2.37. The van der Waals surface area contributed by atoms with E-state index in [2.05, 4.69) is 36.3 Å². The summed E-state index contributed by atoms with van der Waals surface area (Å²) in [5, 5.41) is 12.8. The normalized spacial score (nSPS) is 11.3. The molecule has 2 rings (SSSR count). The van der Waals surface area contributed by atoms with E-state index in [0.717, 1.165) is 30.7 Å². The minimum absolute atomic E-state index is 0.00767. The molecule has 0 spiro atoms. The Hall–Kier alpha value is -2.15. The van der Waals surface area contributed by atoms with E-state index in [9.17, 15) is 4.79 Å². The zero-order valence-electron chi connectivity index (χ0n) is 16.1. The number of nitrogens with one attached hydrogen (secondary N) is 1. The smallest absolute Gasteiger partial charge is 0.265 e. The summed E-state index contributed by atoms with van der Waals surface area (Å²) in [4.78, 5) is 12.8. The maximum absolute atomic E-state index is 12.8. The Labute approximate surface area is 158 Å². The largest absolute Gasteiger partial charge is 0.496 e. The van der Waals surface area contributed by atoms with Crippen LogP contribution >= 0.6 is 11.3 Å². The molecule has 0 fully saturated rings. The summed E-state index contributed by atoms with van der Waals surface area (Å²) in [6.07, 6.45) is 4.25. The summed E-state index contributed by atoms with van der Waals surface area (Å²) < 4.78 is 10.6. The van der Waals surface area contributed by atoms with Gasteiger partial charge in [0.25, 0.3) is 5.91 Å². The number of hydrogen-bond donors (Lipinski definition) is 1. The summed E-state index contributed by atoms with van der Waals surface area (Å²) in [5.74, 6) is 0.580. The molecule has 1 heterocycles. The van der Waals surface area contributed by atoms with E-state index in [0.29, 0.717) is 22.2 Å². The minimum Gasteiger partial charge on any atom is -0.496 e. The molecule has 0 aliphatic rings. The average molecular weight is 378 g/mol. The van der Waals surface area contributed by atoms with Crippen LogP contribution in [0.4, 0.5) is 5.13 Å². The molecular formula is C19H27N3O3S. The lowest BCUT2D eigenvalue weighted by Crippen LogP contribution is -2.21. The number of ether oxygens (including phenoxy) is 2. The van der Waals surface area contributed by atoms with Gasteiger partial charge in [0.05, 0.1) is 14.2 Å². The van der Waals surface area contributed by atoms with E-state index in [-0.39, 0.29) is 11.3 Å². The first-order valence-electron chi connectivity index (χ1n) is 8.85. The van der Waals surface area contributed by atoms with E-state index in [1.165, 1.54) is 25.6 Å². The van der Waals surface area contributed by atoms with Crippen LogP contribution < -0.4 is 14.8 Å². The van der Waals surface area contributed by atoms with Gasteiger partial charge < -0.3 is 9.47 Å². The molecule has 0 aliphatic heterocycles. The molecule has 1 amide bonds. The summed E-state index contributed by atoms with van der Waals surface area (Å²) >= 11 is 1.43. The van der Waals surface area contributed by atoms with Crippen molar-refractivity contribution in [2.24, 2.45) is 0 Å². The molecule has 0 saturated heterocycles. The van der Waals surface area contributed by atoms with Gasteiger partial charge in [-0.15, -0.1) is 10.2 Å². The van der Waals surface area contributed by atoms with Crippen molar-refractivity contribution in [2.45, 2.75) is 51.9 Å². The third-order valence-electron chi connectivity index (χ3n) is 4.42. The molecule has 7 heteroatoms. The van der Waals surface area contributed by atoms with Crippen LogP contribution in [0.3, 0.4) is 0 Å². The summed E-state index contributed by atoms with van der Waals surface area (Å²) in [5.41, 5.74) is 0.339. The first kappa shape index (κ1) is 20.2. The number of anilines is 1. The molecule has 0 bridgehead atoms.